The second-order valence-corrected chi connectivity index (χ2v) is 7.34. The first-order valence-electron chi connectivity index (χ1n) is 9.06. The van der Waals surface area contributed by atoms with Crippen molar-refractivity contribution in [3.05, 3.63) is 81.6 Å². The topological polar surface area (TPSA) is 47.4 Å². The largest absolute Gasteiger partial charge is 0.488 e. The van der Waals surface area contributed by atoms with Gasteiger partial charge in [-0.3, -0.25) is 9.48 Å². The zero-order chi connectivity index (χ0) is 20.3. The molecule has 5 nitrogen and oxygen atoms in total. The van der Waals surface area contributed by atoms with E-state index in [0.29, 0.717) is 23.7 Å². The van der Waals surface area contributed by atoms with Gasteiger partial charge in [-0.25, -0.2) is 0 Å². The summed E-state index contributed by atoms with van der Waals surface area (Å²) >= 11 is 6.13. The molecule has 0 unspecified atom stereocenters. The first-order valence-corrected chi connectivity index (χ1v) is 9.44. The number of ether oxygens (including phenoxy) is 1. The molecule has 1 amide bonds. The Bertz CT molecular complexity index is 940. The zero-order valence-electron chi connectivity index (χ0n) is 16.6. The molecule has 0 radical (unpaired) electrons. The number of aromatic nitrogens is 2. The van der Waals surface area contributed by atoms with E-state index in [0.717, 1.165) is 28.1 Å². The van der Waals surface area contributed by atoms with Crippen molar-refractivity contribution in [1.29, 1.82) is 0 Å². The number of halogens is 1. The van der Waals surface area contributed by atoms with E-state index in [2.05, 4.69) is 5.10 Å². The number of hydrogen-bond donors (Lipinski definition) is 0. The molecule has 0 aliphatic carbocycles. The zero-order valence-corrected chi connectivity index (χ0v) is 17.3. The summed E-state index contributed by atoms with van der Waals surface area (Å²) in [4.78, 5) is 14.3. The monoisotopic (exact) mass is 397 g/mol. The predicted octanol–water partition coefficient (Wildman–Crippen LogP) is 4.54. The number of carbonyl (C=O) groups is 1. The lowest BCUT2D eigenvalue weighted by molar-refractivity contribution is 0.0782. The molecule has 146 valence electrons. The SMILES string of the molecule is Cc1cccc(C)c1OCc1ccc(C(=O)N(C)Cc2c(Cl)cnn2C)cc1. The Hall–Kier alpha value is -2.79. The highest BCUT2D eigenvalue weighted by Gasteiger charge is 2.16. The molecule has 2 aromatic carbocycles. The van der Waals surface area contributed by atoms with Crippen LogP contribution in [0.1, 0.15) is 32.7 Å². The second kappa shape index (κ2) is 8.48. The average molecular weight is 398 g/mol. The highest BCUT2D eigenvalue weighted by molar-refractivity contribution is 6.31. The van der Waals surface area contributed by atoms with E-state index in [1.54, 1.807) is 22.8 Å². The molecule has 0 fully saturated rings. The second-order valence-electron chi connectivity index (χ2n) is 6.93. The number of carbonyl (C=O) groups excluding carboxylic acids is 1. The first-order chi connectivity index (χ1) is 13.4. The fourth-order valence-corrected chi connectivity index (χ4v) is 3.28. The summed E-state index contributed by atoms with van der Waals surface area (Å²) in [6, 6.07) is 13.6. The van der Waals surface area contributed by atoms with Crippen LogP contribution in [0, 0.1) is 13.8 Å². The van der Waals surface area contributed by atoms with Crippen molar-refractivity contribution in [2.45, 2.75) is 27.0 Å². The third-order valence-corrected chi connectivity index (χ3v) is 5.05. The van der Waals surface area contributed by atoms with E-state index >= 15 is 0 Å². The minimum absolute atomic E-state index is 0.0699. The normalized spacial score (nSPS) is 10.8. The molecule has 0 saturated heterocycles. The fourth-order valence-electron chi connectivity index (χ4n) is 3.06. The Morgan fingerprint density at radius 2 is 1.79 bits per heavy atom. The van der Waals surface area contributed by atoms with E-state index in [1.165, 1.54) is 0 Å². The molecule has 0 aliphatic rings. The molecule has 0 atom stereocenters. The fraction of sp³-hybridized carbons (Fsp3) is 0.273. The van der Waals surface area contributed by atoms with Crippen LogP contribution in [0.25, 0.3) is 0 Å². The quantitative estimate of drug-likeness (QED) is 0.613. The van der Waals surface area contributed by atoms with Crippen molar-refractivity contribution in [1.82, 2.24) is 14.7 Å². The van der Waals surface area contributed by atoms with Gasteiger partial charge < -0.3 is 9.64 Å². The van der Waals surface area contributed by atoms with Crippen molar-refractivity contribution < 1.29 is 9.53 Å². The van der Waals surface area contributed by atoms with Gasteiger partial charge in [-0.2, -0.15) is 5.10 Å². The van der Waals surface area contributed by atoms with Crippen molar-refractivity contribution in [3.8, 4) is 5.75 Å². The number of hydrogen-bond acceptors (Lipinski definition) is 3. The Morgan fingerprint density at radius 3 is 2.36 bits per heavy atom. The summed E-state index contributed by atoms with van der Waals surface area (Å²) in [5.74, 6) is 0.843. The van der Waals surface area contributed by atoms with E-state index in [1.807, 2.05) is 63.4 Å². The summed E-state index contributed by atoms with van der Waals surface area (Å²) in [6.45, 7) is 4.93. The van der Waals surface area contributed by atoms with Crippen molar-refractivity contribution in [3.63, 3.8) is 0 Å². The molecule has 6 heteroatoms. The number of nitrogens with zero attached hydrogens (tertiary/aromatic N) is 3. The van der Waals surface area contributed by atoms with E-state index in [4.69, 9.17) is 16.3 Å². The summed E-state index contributed by atoms with van der Waals surface area (Å²) in [5, 5.41) is 4.66. The summed E-state index contributed by atoms with van der Waals surface area (Å²) in [6.07, 6.45) is 1.58. The van der Waals surface area contributed by atoms with Gasteiger partial charge >= 0.3 is 0 Å². The Balaban J connectivity index is 1.64. The number of benzene rings is 2. The van der Waals surface area contributed by atoms with Crippen molar-refractivity contribution >= 4 is 17.5 Å². The molecule has 3 aromatic rings. The van der Waals surface area contributed by atoms with Crippen molar-refractivity contribution in [2.24, 2.45) is 7.05 Å². The molecule has 1 heterocycles. The van der Waals surface area contributed by atoms with Gasteiger partial charge in [0.1, 0.15) is 12.4 Å². The third kappa shape index (κ3) is 4.37. The number of aryl methyl sites for hydroxylation is 3. The minimum atomic E-state index is -0.0699. The maximum atomic E-state index is 12.7. The highest BCUT2D eigenvalue weighted by atomic mass is 35.5. The lowest BCUT2D eigenvalue weighted by Gasteiger charge is -2.18. The molecule has 1 aromatic heterocycles. The predicted molar refractivity (Wildman–Crippen MR) is 111 cm³/mol. The molecule has 28 heavy (non-hydrogen) atoms. The number of rotatable bonds is 6. The van der Waals surface area contributed by atoms with Crippen LogP contribution in [0.3, 0.4) is 0 Å². The molecular weight excluding hydrogens is 374 g/mol. The van der Waals surface area contributed by atoms with Gasteiger partial charge in [0.2, 0.25) is 0 Å². The Morgan fingerprint density at radius 1 is 1.14 bits per heavy atom. The lowest BCUT2D eigenvalue weighted by atomic mass is 10.1. The summed E-state index contributed by atoms with van der Waals surface area (Å²) in [5.41, 5.74) is 4.66. The van der Waals surface area contributed by atoms with Gasteiger partial charge in [-0.15, -0.1) is 0 Å². The van der Waals surface area contributed by atoms with Crippen LogP contribution in [0.4, 0.5) is 0 Å². The number of amides is 1. The molecule has 0 aliphatic heterocycles. The van der Waals surface area contributed by atoms with Gasteiger partial charge in [0.05, 0.1) is 23.5 Å². The van der Waals surface area contributed by atoms with Gasteiger partial charge in [0.25, 0.3) is 5.91 Å². The van der Waals surface area contributed by atoms with Crippen molar-refractivity contribution in [2.75, 3.05) is 7.05 Å². The smallest absolute Gasteiger partial charge is 0.253 e. The van der Waals surface area contributed by atoms with E-state index in [9.17, 15) is 4.79 Å². The molecule has 0 spiro atoms. The van der Waals surface area contributed by atoms with Gasteiger partial charge in [0.15, 0.2) is 0 Å². The van der Waals surface area contributed by atoms with Crippen LogP contribution in [-0.2, 0) is 20.2 Å². The summed E-state index contributed by atoms with van der Waals surface area (Å²) < 4.78 is 7.66. The molecular formula is C22H24ClN3O2. The van der Waals surface area contributed by atoms with E-state index < -0.39 is 0 Å². The maximum Gasteiger partial charge on any atom is 0.253 e. The maximum absolute atomic E-state index is 12.7. The van der Waals surface area contributed by atoms with Crippen LogP contribution in [0.15, 0.2) is 48.7 Å². The van der Waals surface area contributed by atoms with Gasteiger partial charge in [-0.1, -0.05) is 41.9 Å². The third-order valence-electron chi connectivity index (χ3n) is 4.74. The molecule has 3 rings (SSSR count). The van der Waals surface area contributed by atoms with E-state index in [-0.39, 0.29) is 5.91 Å². The van der Waals surface area contributed by atoms with Gasteiger partial charge in [-0.05, 0) is 42.7 Å². The summed E-state index contributed by atoms with van der Waals surface area (Å²) in [7, 11) is 3.56. The lowest BCUT2D eigenvalue weighted by Crippen LogP contribution is -2.27. The van der Waals surface area contributed by atoms with Crippen LogP contribution in [-0.4, -0.2) is 27.6 Å². The Labute approximate surface area is 170 Å². The number of para-hydroxylation sites is 1. The van der Waals surface area contributed by atoms with Crippen LogP contribution in [0.5, 0.6) is 5.75 Å². The molecule has 0 bridgehead atoms. The van der Waals surface area contributed by atoms with Crippen LogP contribution < -0.4 is 4.74 Å². The first kappa shape index (κ1) is 20.0. The highest BCUT2D eigenvalue weighted by Crippen LogP contribution is 2.23. The molecule has 0 saturated carbocycles. The molecule has 0 N–H and O–H groups in total. The van der Waals surface area contributed by atoms with Crippen LogP contribution in [0.2, 0.25) is 5.02 Å². The average Bonchev–Trinajstić information content (AvgIpc) is 2.99. The Kier molecular flexibility index (Phi) is 6.05. The van der Waals surface area contributed by atoms with Gasteiger partial charge in [0, 0.05) is 19.7 Å². The minimum Gasteiger partial charge on any atom is -0.488 e. The van der Waals surface area contributed by atoms with Crippen LogP contribution >= 0.6 is 11.6 Å². The standard InChI is InChI=1S/C22H24ClN3O2/c1-15-6-5-7-16(2)21(15)28-14-17-8-10-18(11-9-17)22(27)25(3)13-20-19(23)12-24-26(20)4/h5-12H,13-14H2,1-4H3.